The summed E-state index contributed by atoms with van der Waals surface area (Å²) in [6, 6.07) is 19.7. The van der Waals surface area contributed by atoms with Crippen LogP contribution in [-0.2, 0) is 12.8 Å². The second-order valence-electron chi connectivity index (χ2n) is 7.19. The maximum atomic E-state index is 12.8. The molecule has 0 radical (unpaired) electrons. The highest BCUT2D eigenvalue weighted by Gasteiger charge is 2.26. The van der Waals surface area contributed by atoms with Gasteiger partial charge in [-0.05, 0) is 30.0 Å². The summed E-state index contributed by atoms with van der Waals surface area (Å²) in [6.07, 6.45) is 5.94. The fourth-order valence-electron chi connectivity index (χ4n) is 3.83. The topological polar surface area (TPSA) is 73.0 Å². The molecule has 6 heteroatoms. The van der Waals surface area contributed by atoms with Gasteiger partial charge in [0, 0.05) is 30.6 Å². The van der Waals surface area contributed by atoms with Crippen molar-refractivity contribution >= 4 is 5.91 Å². The lowest BCUT2D eigenvalue weighted by Crippen LogP contribution is -2.30. The molecule has 0 saturated carbocycles. The maximum Gasteiger partial charge on any atom is 0.274 e. The molecule has 4 aromatic rings. The van der Waals surface area contributed by atoms with Gasteiger partial charge in [0.25, 0.3) is 5.91 Å². The van der Waals surface area contributed by atoms with E-state index in [1.165, 1.54) is 5.56 Å². The standard InChI is InChI=1S/C23H20N4O2/c28-23(20-15-18(29-26-20)14-16-6-2-1-3-7-16)25-19-11-10-17-8-4-5-9-21(17)27-13-12-24-22(19)27/h1-9,12-13,15,19H,10-11,14H2,(H,25,28). The number of nitrogens with zero attached hydrogens (tertiary/aromatic N) is 3. The van der Waals surface area contributed by atoms with Crippen molar-refractivity contribution in [2.75, 3.05) is 0 Å². The third kappa shape index (κ3) is 3.45. The molecule has 0 bridgehead atoms. The first-order valence-corrected chi connectivity index (χ1v) is 9.70. The summed E-state index contributed by atoms with van der Waals surface area (Å²) >= 11 is 0. The number of aromatic nitrogens is 3. The van der Waals surface area contributed by atoms with E-state index in [0.717, 1.165) is 29.9 Å². The van der Waals surface area contributed by atoms with Gasteiger partial charge in [-0.25, -0.2) is 4.98 Å². The van der Waals surface area contributed by atoms with Gasteiger partial charge in [0.15, 0.2) is 5.69 Å². The summed E-state index contributed by atoms with van der Waals surface area (Å²) in [5.41, 5.74) is 3.76. The molecule has 2 aromatic heterocycles. The largest absolute Gasteiger partial charge is 0.360 e. The lowest BCUT2D eigenvalue weighted by molar-refractivity contribution is 0.0923. The minimum atomic E-state index is -0.251. The maximum absolute atomic E-state index is 12.8. The lowest BCUT2D eigenvalue weighted by atomic mass is 10.1. The van der Waals surface area contributed by atoms with Crippen LogP contribution in [0.1, 0.15) is 45.7 Å². The molecule has 1 amide bonds. The number of aryl methyl sites for hydroxylation is 1. The molecular weight excluding hydrogens is 364 g/mol. The zero-order chi connectivity index (χ0) is 19.6. The number of hydrogen-bond acceptors (Lipinski definition) is 4. The SMILES string of the molecule is O=C(NC1CCc2ccccc2-n2ccnc21)c1cc(Cc2ccccc2)on1. The van der Waals surface area contributed by atoms with Crippen LogP contribution in [0.25, 0.3) is 5.69 Å². The van der Waals surface area contributed by atoms with E-state index < -0.39 is 0 Å². The van der Waals surface area contributed by atoms with Crippen molar-refractivity contribution in [2.45, 2.75) is 25.3 Å². The van der Waals surface area contributed by atoms with Gasteiger partial charge in [-0.2, -0.15) is 0 Å². The Hall–Kier alpha value is -3.67. The first kappa shape index (κ1) is 17.4. The minimum Gasteiger partial charge on any atom is -0.360 e. The highest BCUT2D eigenvalue weighted by Crippen LogP contribution is 2.29. The van der Waals surface area contributed by atoms with E-state index in [4.69, 9.17) is 4.52 Å². The van der Waals surface area contributed by atoms with Gasteiger partial charge in [0.05, 0.1) is 6.04 Å². The molecule has 0 fully saturated rings. The summed E-state index contributed by atoms with van der Waals surface area (Å²) in [5, 5.41) is 7.05. The summed E-state index contributed by atoms with van der Waals surface area (Å²) in [5.74, 6) is 1.24. The Labute approximate surface area is 168 Å². The van der Waals surface area contributed by atoms with Gasteiger partial charge >= 0.3 is 0 Å². The number of fused-ring (bicyclic) bond motifs is 3. The number of rotatable bonds is 4. The van der Waals surface area contributed by atoms with E-state index in [-0.39, 0.29) is 17.6 Å². The molecule has 6 nitrogen and oxygen atoms in total. The quantitative estimate of drug-likeness (QED) is 0.580. The first-order chi connectivity index (χ1) is 14.3. The van der Waals surface area contributed by atoms with Crippen LogP contribution in [0.5, 0.6) is 0 Å². The molecule has 1 aliphatic heterocycles. The van der Waals surface area contributed by atoms with Crippen LogP contribution in [0.2, 0.25) is 0 Å². The number of carbonyl (C=O) groups excluding carboxylic acids is 1. The van der Waals surface area contributed by atoms with Gasteiger partial charge in [0.1, 0.15) is 11.6 Å². The Balaban J connectivity index is 1.34. The van der Waals surface area contributed by atoms with Gasteiger partial charge < -0.3 is 14.4 Å². The number of imidazole rings is 1. The molecule has 0 saturated heterocycles. The molecule has 1 aliphatic rings. The van der Waals surface area contributed by atoms with Crippen LogP contribution in [0.3, 0.4) is 0 Å². The van der Waals surface area contributed by atoms with Crippen LogP contribution in [0.15, 0.2) is 77.6 Å². The monoisotopic (exact) mass is 384 g/mol. The molecule has 144 valence electrons. The average molecular weight is 384 g/mol. The highest BCUT2D eigenvalue weighted by molar-refractivity contribution is 5.92. The predicted octanol–water partition coefficient (Wildman–Crippen LogP) is 3.87. The number of nitrogens with one attached hydrogen (secondary N) is 1. The molecule has 1 unspecified atom stereocenters. The molecule has 5 rings (SSSR count). The Morgan fingerprint density at radius 3 is 2.86 bits per heavy atom. The Kier molecular flexibility index (Phi) is 4.44. The molecule has 3 heterocycles. The summed E-state index contributed by atoms with van der Waals surface area (Å²) in [6.45, 7) is 0. The Morgan fingerprint density at radius 1 is 1.14 bits per heavy atom. The van der Waals surface area contributed by atoms with E-state index in [1.54, 1.807) is 12.3 Å². The predicted molar refractivity (Wildman–Crippen MR) is 108 cm³/mol. The van der Waals surface area contributed by atoms with Gasteiger partial charge in [0.2, 0.25) is 0 Å². The van der Waals surface area contributed by atoms with Crippen molar-refractivity contribution in [3.63, 3.8) is 0 Å². The Bertz CT molecular complexity index is 1150. The van der Waals surface area contributed by atoms with Crippen LogP contribution >= 0.6 is 0 Å². The van der Waals surface area contributed by atoms with E-state index in [2.05, 4.69) is 32.2 Å². The second kappa shape index (κ2) is 7.39. The second-order valence-corrected chi connectivity index (χ2v) is 7.19. The number of hydrogen-bond donors (Lipinski definition) is 1. The first-order valence-electron chi connectivity index (χ1n) is 9.70. The molecule has 0 aliphatic carbocycles. The highest BCUT2D eigenvalue weighted by atomic mass is 16.5. The molecule has 1 atom stereocenters. The van der Waals surface area contributed by atoms with E-state index >= 15 is 0 Å². The van der Waals surface area contributed by atoms with Crippen molar-refractivity contribution in [2.24, 2.45) is 0 Å². The summed E-state index contributed by atoms with van der Waals surface area (Å²) in [4.78, 5) is 17.3. The number of amides is 1. The van der Waals surface area contributed by atoms with E-state index in [0.29, 0.717) is 12.2 Å². The van der Waals surface area contributed by atoms with Crippen LogP contribution < -0.4 is 5.32 Å². The molecule has 2 aromatic carbocycles. The van der Waals surface area contributed by atoms with Gasteiger partial charge in [-0.1, -0.05) is 53.7 Å². The van der Waals surface area contributed by atoms with Crippen LogP contribution in [0, 0.1) is 0 Å². The lowest BCUT2D eigenvalue weighted by Gasteiger charge is -2.15. The number of carbonyl (C=O) groups is 1. The molecule has 29 heavy (non-hydrogen) atoms. The average Bonchev–Trinajstić information content (AvgIpc) is 3.39. The molecule has 1 N–H and O–H groups in total. The van der Waals surface area contributed by atoms with Crippen molar-refractivity contribution < 1.29 is 9.32 Å². The third-order valence-corrected chi connectivity index (χ3v) is 5.25. The Morgan fingerprint density at radius 2 is 1.97 bits per heavy atom. The fraction of sp³-hybridized carbons (Fsp3) is 0.174. The van der Waals surface area contributed by atoms with Crippen molar-refractivity contribution in [3.8, 4) is 5.69 Å². The van der Waals surface area contributed by atoms with Crippen molar-refractivity contribution in [3.05, 3.63) is 101 Å². The zero-order valence-electron chi connectivity index (χ0n) is 15.8. The van der Waals surface area contributed by atoms with E-state index in [1.807, 2.05) is 48.7 Å². The normalized spacial score (nSPS) is 15.2. The van der Waals surface area contributed by atoms with E-state index in [9.17, 15) is 4.79 Å². The van der Waals surface area contributed by atoms with Gasteiger partial charge in [-0.15, -0.1) is 0 Å². The molecular formula is C23H20N4O2. The fourth-order valence-corrected chi connectivity index (χ4v) is 3.83. The summed E-state index contributed by atoms with van der Waals surface area (Å²) in [7, 11) is 0. The smallest absolute Gasteiger partial charge is 0.274 e. The minimum absolute atomic E-state index is 0.195. The van der Waals surface area contributed by atoms with Gasteiger partial charge in [-0.3, -0.25) is 4.79 Å². The number of benzene rings is 2. The zero-order valence-corrected chi connectivity index (χ0v) is 15.8. The third-order valence-electron chi connectivity index (χ3n) is 5.25. The van der Waals surface area contributed by atoms with Crippen LogP contribution in [-0.4, -0.2) is 20.6 Å². The van der Waals surface area contributed by atoms with Crippen molar-refractivity contribution in [1.29, 1.82) is 0 Å². The van der Waals surface area contributed by atoms with Crippen LogP contribution in [0.4, 0.5) is 0 Å². The van der Waals surface area contributed by atoms with Crippen molar-refractivity contribution in [1.82, 2.24) is 20.0 Å². The summed E-state index contributed by atoms with van der Waals surface area (Å²) < 4.78 is 7.43. The molecule has 0 spiro atoms. The number of para-hydroxylation sites is 1.